The maximum atomic E-state index is 12.2. The quantitative estimate of drug-likeness (QED) is 0.280. The van der Waals surface area contributed by atoms with Gasteiger partial charge in [-0.3, -0.25) is 10.1 Å². The van der Waals surface area contributed by atoms with Crippen molar-refractivity contribution in [2.45, 2.75) is 20.0 Å². The number of fused-ring (bicyclic) bond motifs is 1. The number of aryl methyl sites for hydroxylation is 1. The van der Waals surface area contributed by atoms with E-state index in [1.54, 1.807) is 12.1 Å². The molecule has 3 aromatic rings. The third-order valence-corrected chi connectivity index (χ3v) is 4.36. The summed E-state index contributed by atoms with van der Waals surface area (Å²) in [6.07, 6.45) is 0.786. The van der Waals surface area contributed by atoms with Crippen LogP contribution in [-0.4, -0.2) is 10.9 Å². The van der Waals surface area contributed by atoms with Crippen molar-refractivity contribution >= 4 is 34.2 Å². The molecular formula is C19H14ClNO6. The van der Waals surface area contributed by atoms with Crippen molar-refractivity contribution in [3.8, 4) is 0 Å². The number of nitro benzene ring substituents is 1. The molecule has 1 heterocycles. The van der Waals surface area contributed by atoms with Crippen molar-refractivity contribution in [2.75, 3.05) is 0 Å². The lowest BCUT2D eigenvalue weighted by atomic mass is 10.1. The largest absolute Gasteiger partial charge is 0.457 e. The molecule has 0 aliphatic rings. The number of ether oxygens (including phenoxy) is 1. The molecule has 2 aromatic carbocycles. The minimum absolute atomic E-state index is 0.00774. The van der Waals surface area contributed by atoms with Crippen LogP contribution in [0.1, 0.15) is 28.4 Å². The molecule has 0 saturated carbocycles. The number of hydrogen-bond acceptors (Lipinski definition) is 6. The Morgan fingerprint density at radius 1 is 1.22 bits per heavy atom. The van der Waals surface area contributed by atoms with Crippen LogP contribution >= 0.6 is 11.6 Å². The van der Waals surface area contributed by atoms with Crippen LogP contribution in [0.4, 0.5) is 5.69 Å². The molecule has 0 spiro atoms. The lowest BCUT2D eigenvalue weighted by Gasteiger charge is -2.08. The topological polar surface area (TPSA) is 99.6 Å². The van der Waals surface area contributed by atoms with Crippen LogP contribution in [-0.2, 0) is 17.8 Å². The Kier molecular flexibility index (Phi) is 5.23. The van der Waals surface area contributed by atoms with Crippen molar-refractivity contribution in [3.63, 3.8) is 0 Å². The summed E-state index contributed by atoms with van der Waals surface area (Å²) in [6.45, 7) is 1.80. The summed E-state index contributed by atoms with van der Waals surface area (Å²) in [7, 11) is 0. The van der Waals surface area contributed by atoms with Gasteiger partial charge in [0.15, 0.2) is 0 Å². The first-order chi connectivity index (χ1) is 12.9. The van der Waals surface area contributed by atoms with Crippen LogP contribution in [0.3, 0.4) is 0 Å². The Bertz CT molecular complexity index is 1110. The van der Waals surface area contributed by atoms with Gasteiger partial charge in [0.25, 0.3) is 5.69 Å². The maximum Gasteiger partial charge on any atom is 0.338 e. The molecule has 3 rings (SSSR count). The van der Waals surface area contributed by atoms with E-state index in [1.165, 1.54) is 18.2 Å². The summed E-state index contributed by atoms with van der Waals surface area (Å²) in [4.78, 5) is 34.3. The van der Waals surface area contributed by atoms with Gasteiger partial charge in [0.1, 0.15) is 17.2 Å². The summed E-state index contributed by atoms with van der Waals surface area (Å²) in [6, 6.07) is 10.4. The predicted octanol–water partition coefficient (Wildman–Crippen LogP) is 4.27. The van der Waals surface area contributed by atoms with Gasteiger partial charge in [-0.25, -0.2) is 9.59 Å². The van der Waals surface area contributed by atoms with Gasteiger partial charge in [-0.2, -0.15) is 0 Å². The van der Waals surface area contributed by atoms with Gasteiger partial charge >= 0.3 is 11.6 Å². The van der Waals surface area contributed by atoms with Crippen molar-refractivity contribution in [2.24, 2.45) is 0 Å². The fourth-order valence-electron chi connectivity index (χ4n) is 2.62. The molecule has 0 atom stereocenters. The van der Waals surface area contributed by atoms with E-state index in [1.807, 2.05) is 13.0 Å². The molecule has 0 amide bonds. The molecule has 0 fully saturated rings. The Labute approximate surface area is 158 Å². The van der Waals surface area contributed by atoms with Gasteiger partial charge in [0.2, 0.25) is 0 Å². The van der Waals surface area contributed by atoms with Crippen LogP contribution in [0, 0.1) is 10.1 Å². The molecular weight excluding hydrogens is 374 g/mol. The molecule has 138 valence electrons. The monoisotopic (exact) mass is 387 g/mol. The van der Waals surface area contributed by atoms with Crippen LogP contribution in [0.5, 0.6) is 0 Å². The van der Waals surface area contributed by atoms with Gasteiger partial charge in [0.05, 0.1) is 10.5 Å². The van der Waals surface area contributed by atoms with Crippen LogP contribution in [0.2, 0.25) is 5.02 Å². The lowest BCUT2D eigenvalue weighted by Crippen LogP contribution is -2.08. The van der Waals surface area contributed by atoms with E-state index in [-0.39, 0.29) is 22.9 Å². The average molecular weight is 388 g/mol. The third-order valence-electron chi connectivity index (χ3n) is 4.04. The molecule has 0 radical (unpaired) electrons. The second kappa shape index (κ2) is 7.59. The number of carbonyl (C=O) groups is 1. The van der Waals surface area contributed by atoms with Gasteiger partial charge in [0, 0.05) is 23.1 Å². The van der Waals surface area contributed by atoms with Gasteiger partial charge in [-0.05, 0) is 30.2 Å². The molecule has 0 N–H and O–H groups in total. The van der Waals surface area contributed by atoms with E-state index in [2.05, 4.69) is 0 Å². The minimum atomic E-state index is -0.763. The Balaban J connectivity index is 1.86. The zero-order chi connectivity index (χ0) is 19.6. The Morgan fingerprint density at radius 2 is 2.00 bits per heavy atom. The second-order valence-electron chi connectivity index (χ2n) is 5.77. The number of rotatable bonds is 5. The highest BCUT2D eigenvalue weighted by atomic mass is 35.5. The van der Waals surface area contributed by atoms with Crippen molar-refractivity contribution in [1.82, 2.24) is 0 Å². The second-order valence-corrected chi connectivity index (χ2v) is 6.18. The fraction of sp³-hybridized carbons (Fsp3) is 0.158. The minimum Gasteiger partial charge on any atom is -0.457 e. The molecule has 8 heteroatoms. The third kappa shape index (κ3) is 3.98. The van der Waals surface area contributed by atoms with Gasteiger partial charge in [-0.1, -0.05) is 30.7 Å². The summed E-state index contributed by atoms with van der Waals surface area (Å²) >= 11 is 5.74. The number of benzene rings is 2. The summed E-state index contributed by atoms with van der Waals surface area (Å²) in [5.41, 5.74) is 0.962. The predicted molar refractivity (Wildman–Crippen MR) is 99.1 cm³/mol. The molecule has 7 nitrogen and oxygen atoms in total. The van der Waals surface area contributed by atoms with Gasteiger partial charge < -0.3 is 9.15 Å². The highest BCUT2D eigenvalue weighted by molar-refractivity contribution is 6.32. The lowest BCUT2D eigenvalue weighted by molar-refractivity contribution is -0.384. The van der Waals surface area contributed by atoms with E-state index in [4.69, 9.17) is 20.8 Å². The first-order valence-electron chi connectivity index (χ1n) is 8.05. The van der Waals surface area contributed by atoms with Crippen molar-refractivity contribution in [3.05, 3.63) is 84.7 Å². The van der Waals surface area contributed by atoms with Crippen LogP contribution in [0.15, 0.2) is 51.7 Å². The smallest absolute Gasteiger partial charge is 0.338 e. The number of nitro groups is 1. The normalized spacial score (nSPS) is 10.7. The standard InChI is InChI=1S/C19H14ClNO6/c1-2-11-3-5-14-13(9-18(22)27-17(14)7-11)10-26-19(23)12-4-6-15(20)16(8-12)21(24)25/h3-9H,2,10H2,1H3. The summed E-state index contributed by atoms with van der Waals surface area (Å²) < 4.78 is 10.4. The first-order valence-corrected chi connectivity index (χ1v) is 8.43. The Morgan fingerprint density at radius 3 is 2.70 bits per heavy atom. The van der Waals surface area contributed by atoms with E-state index in [0.717, 1.165) is 18.1 Å². The SMILES string of the molecule is CCc1ccc2c(COC(=O)c3ccc(Cl)c([N+](=O)[O-])c3)cc(=O)oc2c1. The number of nitrogens with zero attached hydrogens (tertiary/aromatic N) is 1. The molecule has 27 heavy (non-hydrogen) atoms. The van der Waals surface area contributed by atoms with E-state index < -0.39 is 16.5 Å². The number of carbonyl (C=O) groups excluding carboxylic acids is 1. The Hall–Kier alpha value is -3.19. The van der Waals surface area contributed by atoms with Crippen LogP contribution < -0.4 is 5.63 Å². The molecule has 0 saturated heterocycles. The van der Waals surface area contributed by atoms with Crippen molar-refractivity contribution < 1.29 is 18.9 Å². The fourth-order valence-corrected chi connectivity index (χ4v) is 2.81. The summed E-state index contributed by atoms with van der Waals surface area (Å²) in [5.74, 6) is -0.763. The summed E-state index contributed by atoms with van der Waals surface area (Å²) in [5, 5.41) is 11.5. The number of hydrogen-bond donors (Lipinski definition) is 0. The highest BCUT2D eigenvalue weighted by Gasteiger charge is 2.18. The van der Waals surface area contributed by atoms with Crippen molar-refractivity contribution in [1.29, 1.82) is 0 Å². The highest BCUT2D eigenvalue weighted by Crippen LogP contribution is 2.26. The average Bonchev–Trinajstić information content (AvgIpc) is 2.65. The molecule has 1 aromatic heterocycles. The number of esters is 1. The zero-order valence-corrected chi connectivity index (χ0v) is 15.0. The zero-order valence-electron chi connectivity index (χ0n) is 14.2. The first kappa shape index (κ1) is 18.6. The molecule has 0 unspecified atom stereocenters. The van der Waals surface area contributed by atoms with E-state index in [0.29, 0.717) is 16.5 Å². The van der Waals surface area contributed by atoms with Crippen LogP contribution in [0.25, 0.3) is 11.0 Å². The molecule has 0 bridgehead atoms. The molecule has 0 aliphatic carbocycles. The van der Waals surface area contributed by atoms with Gasteiger partial charge in [-0.15, -0.1) is 0 Å². The molecule has 0 aliphatic heterocycles. The van der Waals surface area contributed by atoms with E-state index >= 15 is 0 Å². The van der Waals surface area contributed by atoms with E-state index in [9.17, 15) is 19.7 Å². The number of halogens is 1. The maximum absolute atomic E-state index is 12.2.